The van der Waals surface area contributed by atoms with Crippen LogP contribution >= 0.6 is 15.9 Å². The van der Waals surface area contributed by atoms with Crippen LogP contribution in [0.5, 0.6) is 0 Å². The number of hydrogen-bond donors (Lipinski definition) is 2. The standard InChI is InChI=1S/C10H13BrN4O2/c11-8-2-1-4-15-9(8)13-10(14-15)12-3-6-17-7-5-16/h1-2,4,16H,3,5-7H2,(H,12,14). The molecule has 0 aliphatic carbocycles. The lowest BCUT2D eigenvalue weighted by molar-refractivity contribution is 0.0991. The van der Waals surface area contributed by atoms with E-state index in [9.17, 15) is 0 Å². The highest BCUT2D eigenvalue weighted by molar-refractivity contribution is 9.10. The number of aliphatic hydroxyl groups is 1. The molecular formula is C10H13BrN4O2. The minimum atomic E-state index is 0.0412. The third kappa shape index (κ3) is 3.15. The number of nitrogens with one attached hydrogen (secondary N) is 1. The van der Waals surface area contributed by atoms with Crippen LogP contribution in [0.25, 0.3) is 5.65 Å². The van der Waals surface area contributed by atoms with Crippen LogP contribution in [0.2, 0.25) is 0 Å². The topological polar surface area (TPSA) is 71.7 Å². The summed E-state index contributed by atoms with van der Waals surface area (Å²) in [7, 11) is 0. The van der Waals surface area contributed by atoms with Crippen molar-refractivity contribution in [2.75, 3.05) is 31.7 Å². The van der Waals surface area contributed by atoms with Crippen molar-refractivity contribution >= 4 is 27.5 Å². The van der Waals surface area contributed by atoms with Gasteiger partial charge < -0.3 is 15.2 Å². The number of ether oxygens (including phenoxy) is 1. The first-order chi connectivity index (χ1) is 8.31. The molecule has 0 aliphatic rings. The van der Waals surface area contributed by atoms with Gasteiger partial charge in [-0.15, -0.1) is 5.10 Å². The third-order valence-electron chi connectivity index (χ3n) is 2.08. The van der Waals surface area contributed by atoms with E-state index in [-0.39, 0.29) is 6.61 Å². The van der Waals surface area contributed by atoms with Gasteiger partial charge in [-0.05, 0) is 28.1 Å². The Hall–Kier alpha value is -1.18. The first kappa shape index (κ1) is 12.3. The summed E-state index contributed by atoms with van der Waals surface area (Å²) in [5.74, 6) is 0.560. The molecule has 92 valence electrons. The molecule has 2 rings (SSSR count). The molecule has 0 saturated carbocycles. The minimum Gasteiger partial charge on any atom is -0.394 e. The smallest absolute Gasteiger partial charge is 0.243 e. The molecule has 2 N–H and O–H groups in total. The monoisotopic (exact) mass is 300 g/mol. The SMILES string of the molecule is OCCOCCNc1nc2c(Br)cccn2n1. The predicted octanol–water partition coefficient (Wildman–Crippen LogP) is 0.913. The van der Waals surface area contributed by atoms with Crippen LogP contribution < -0.4 is 5.32 Å². The van der Waals surface area contributed by atoms with Crippen LogP contribution in [0.1, 0.15) is 0 Å². The summed E-state index contributed by atoms with van der Waals surface area (Å²) >= 11 is 3.41. The molecule has 2 heterocycles. The molecule has 0 aliphatic heterocycles. The van der Waals surface area contributed by atoms with Gasteiger partial charge in [0.2, 0.25) is 5.95 Å². The molecule has 0 saturated heterocycles. The van der Waals surface area contributed by atoms with E-state index in [2.05, 4.69) is 31.3 Å². The molecular weight excluding hydrogens is 288 g/mol. The van der Waals surface area contributed by atoms with E-state index < -0.39 is 0 Å². The quantitative estimate of drug-likeness (QED) is 0.776. The normalized spacial score (nSPS) is 10.9. The Labute approximate surface area is 107 Å². The Bertz CT molecular complexity index is 488. The van der Waals surface area contributed by atoms with E-state index in [1.54, 1.807) is 4.52 Å². The van der Waals surface area contributed by atoms with E-state index in [0.717, 1.165) is 10.1 Å². The Morgan fingerprint density at radius 3 is 3.12 bits per heavy atom. The average Bonchev–Trinajstić information content (AvgIpc) is 2.73. The van der Waals surface area contributed by atoms with Crippen LogP contribution in [0, 0.1) is 0 Å². The van der Waals surface area contributed by atoms with E-state index in [1.807, 2.05) is 18.3 Å². The van der Waals surface area contributed by atoms with Crippen molar-refractivity contribution in [3.63, 3.8) is 0 Å². The molecule has 2 aromatic rings. The highest BCUT2D eigenvalue weighted by Crippen LogP contribution is 2.16. The van der Waals surface area contributed by atoms with Gasteiger partial charge in [0, 0.05) is 12.7 Å². The number of fused-ring (bicyclic) bond motifs is 1. The fraction of sp³-hybridized carbons (Fsp3) is 0.400. The molecule has 7 heteroatoms. The molecule has 0 atom stereocenters. The zero-order valence-electron chi connectivity index (χ0n) is 9.14. The molecule has 6 nitrogen and oxygen atoms in total. The molecule has 0 spiro atoms. The minimum absolute atomic E-state index is 0.0412. The van der Waals surface area contributed by atoms with Crippen LogP contribution in [0.3, 0.4) is 0 Å². The molecule has 0 fully saturated rings. The molecule has 0 bridgehead atoms. The van der Waals surface area contributed by atoms with Crippen molar-refractivity contribution in [2.24, 2.45) is 0 Å². The Kier molecular flexibility index (Phi) is 4.29. The van der Waals surface area contributed by atoms with Gasteiger partial charge in [-0.3, -0.25) is 0 Å². The van der Waals surface area contributed by atoms with E-state index in [4.69, 9.17) is 9.84 Å². The Morgan fingerprint density at radius 1 is 1.47 bits per heavy atom. The summed E-state index contributed by atoms with van der Waals surface area (Å²) in [6, 6.07) is 3.80. The maximum absolute atomic E-state index is 8.53. The fourth-order valence-electron chi connectivity index (χ4n) is 1.35. The number of aromatic nitrogens is 3. The Morgan fingerprint density at radius 2 is 2.35 bits per heavy atom. The molecule has 0 unspecified atom stereocenters. The third-order valence-corrected chi connectivity index (χ3v) is 2.70. The van der Waals surface area contributed by atoms with Crippen LogP contribution in [0.4, 0.5) is 5.95 Å². The second kappa shape index (κ2) is 5.95. The summed E-state index contributed by atoms with van der Waals surface area (Å²) in [6.45, 7) is 1.51. The van der Waals surface area contributed by atoms with Gasteiger partial charge in [0.25, 0.3) is 0 Å². The molecule has 0 aromatic carbocycles. The number of anilines is 1. The lowest BCUT2D eigenvalue weighted by Gasteiger charge is -2.01. The fourth-order valence-corrected chi connectivity index (χ4v) is 1.77. The van der Waals surface area contributed by atoms with Gasteiger partial charge in [-0.2, -0.15) is 4.98 Å². The van der Waals surface area contributed by atoms with Gasteiger partial charge in [-0.1, -0.05) is 0 Å². The summed E-state index contributed by atoms with van der Waals surface area (Å²) in [4.78, 5) is 4.32. The number of halogens is 1. The van der Waals surface area contributed by atoms with Gasteiger partial charge in [-0.25, -0.2) is 4.52 Å². The average molecular weight is 301 g/mol. The largest absolute Gasteiger partial charge is 0.394 e. The van der Waals surface area contributed by atoms with E-state index in [0.29, 0.717) is 25.7 Å². The van der Waals surface area contributed by atoms with Crippen LogP contribution in [-0.2, 0) is 4.74 Å². The highest BCUT2D eigenvalue weighted by Gasteiger charge is 2.04. The van der Waals surface area contributed by atoms with Crippen LogP contribution in [-0.4, -0.2) is 46.1 Å². The molecule has 0 amide bonds. The predicted molar refractivity (Wildman–Crippen MR) is 67.1 cm³/mol. The maximum atomic E-state index is 8.53. The van der Waals surface area contributed by atoms with Gasteiger partial charge >= 0.3 is 0 Å². The van der Waals surface area contributed by atoms with Crippen molar-refractivity contribution in [2.45, 2.75) is 0 Å². The number of hydrogen-bond acceptors (Lipinski definition) is 5. The summed E-state index contributed by atoms with van der Waals surface area (Å²) < 4.78 is 7.71. The second-order valence-corrected chi connectivity index (χ2v) is 4.18. The first-order valence-electron chi connectivity index (χ1n) is 5.24. The first-order valence-corrected chi connectivity index (χ1v) is 6.04. The van der Waals surface area contributed by atoms with Crippen molar-refractivity contribution in [3.8, 4) is 0 Å². The zero-order valence-corrected chi connectivity index (χ0v) is 10.7. The van der Waals surface area contributed by atoms with Gasteiger partial charge in [0.1, 0.15) is 0 Å². The van der Waals surface area contributed by atoms with Crippen molar-refractivity contribution < 1.29 is 9.84 Å². The van der Waals surface area contributed by atoms with Crippen molar-refractivity contribution in [3.05, 3.63) is 22.8 Å². The van der Waals surface area contributed by atoms with Crippen molar-refractivity contribution in [1.82, 2.24) is 14.6 Å². The Balaban J connectivity index is 1.93. The van der Waals surface area contributed by atoms with Crippen molar-refractivity contribution in [1.29, 1.82) is 0 Å². The molecule has 0 radical (unpaired) electrons. The lowest BCUT2D eigenvalue weighted by atomic mass is 10.5. The number of rotatable bonds is 6. The summed E-state index contributed by atoms with van der Waals surface area (Å²) in [6.07, 6.45) is 1.83. The molecule has 17 heavy (non-hydrogen) atoms. The highest BCUT2D eigenvalue weighted by atomic mass is 79.9. The summed E-state index contributed by atoms with van der Waals surface area (Å²) in [5.41, 5.74) is 0.770. The van der Waals surface area contributed by atoms with Gasteiger partial charge in [0.05, 0.1) is 24.3 Å². The second-order valence-electron chi connectivity index (χ2n) is 3.32. The van der Waals surface area contributed by atoms with Crippen LogP contribution in [0.15, 0.2) is 22.8 Å². The van der Waals surface area contributed by atoms with E-state index in [1.165, 1.54) is 0 Å². The van der Waals surface area contributed by atoms with Gasteiger partial charge in [0.15, 0.2) is 5.65 Å². The van der Waals surface area contributed by atoms with E-state index >= 15 is 0 Å². The number of nitrogens with zero attached hydrogens (tertiary/aromatic N) is 3. The summed E-state index contributed by atoms with van der Waals surface area (Å²) in [5, 5.41) is 15.8. The zero-order chi connectivity index (χ0) is 12.1. The molecule has 2 aromatic heterocycles. The lowest BCUT2D eigenvalue weighted by Crippen LogP contribution is -2.12. The number of pyridine rings is 1. The maximum Gasteiger partial charge on any atom is 0.243 e. The number of aliphatic hydroxyl groups excluding tert-OH is 1.